The summed E-state index contributed by atoms with van der Waals surface area (Å²) < 4.78 is 2.93. The van der Waals surface area contributed by atoms with Crippen molar-refractivity contribution in [1.29, 1.82) is 0 Å². The third-order valence-corrected chi connectivity index (χ3v) is 4.07. The van der Waals surface area contributed by atoms with Gasteiger partial charge in [-0.25, -0.2) is 4.79 Å². The van der Waals surface area contributed by atoms with Gasteiger partial charge in [0, 0.05) is 30.8 Å². The van der Waals surface area contributed by atoms with Crippen LogP contribution in [-0.4, -0.2) is 25.1 Å². The Hall–Kier alpha value is -1.08. The van der Waals surface area contributed by atoms with E-state index in [1.54, 1.807) is 23.9 Å². The predicted molar refractivity (Wildman–Crippen MR) is 79.0 cm³/mol. The Bertz CT molecular complexity index is 671. The van der Waals surface area contributed by atoms with Gasteiger partial charge in [0.2, 0.25) is 0 Å². The number of nitrogens with zero attached hydrogens (tertiary/aromatic N) is 2. The molecule has 0 aliphatic rings. The van der Waals surface area contributed by atoms with E-state index in [4.69, 9.17) is 0 Å². The van der Waals surface area contributed by atoms with E-state index >= 15 is 0 Å². The van der Waals surface area contributed by atoms with Gasteiger partial charge in [0.15, 0.2) is 0 Å². The van der Waals surface area contributed by atoms with Crippen LogP contribution < -0.4 is 11.2 Å². The van der Waals surface area contributed by atoms with Gasteiger partial charge in [-0.1, -0.05) is 0 Å². The molecule has 0 spiro atoms. The number of nitrogens with one attached hydrogen (secondary N) is 1. The smallest absolute Gasteiger partial charge is 0.328 e. The van der Waals surface area contributed by atoms with Crippen LogP contribution in [0.5, 0.6) is 0 Å². The molecule has 2 heterocycles. The van der Waals surface area contributed by atoms with E-state index in [1.165, 1.54) is 4.57 Å². The molecule has 0 fully saturated rings. The van der Waals surface area contributed by atoms with Crippen LogP contribution in [0.1, 0.15) is 6.42 Å². The molecule has 0 aliphatic heterocycles. The van der Waals surface area contributed by atoms with Gasteiger partial charge in [0.25, 0.3) is 5.56 Å². The van der Waals surface area contributed by atoms with E-state index in [0.29, 0.717) is 29.8 Å². The van der Waals surface area contributed by atoms with E-state index in [1.807, 2.05) is 0 Å². The summed E-state index contributed by atoms with van der Waals surface area (Å²) >= 11 is 8.43. The van der Waals surface area contributed by atoms with Crippen molar-refractivity contribution in [1.82, 2.24) is 14.1 Å². The summed E-state index contributed by atoms with van der Waals surface area (Å²) in [5.41, 5.74) is 0.441. The fourth-order valence-corrected chi connectivity index (χ4v) is 2.17. The van der Waals surface area contributed by atoms with Crippen molar-refractivity contribution in [3.63, 3.8) is 0 Å². The number of hydrogen-bond donors (Lipinski definition) is 3. The van der Waals surface area contributed by atoms with Gasteiger partial charge in [-0.3, -0.25) is 9.36 Å². The van der Waals surface area contributed by atoms with Crippen LogP contribution in [0.15, 0.2) is 21.9 Å². The molecule has 1 atom stereocenters. The summed E-state index contributed by atoms with van der Waals surface area (Å²) in [7, 11) is 1.78. The van der Waals surface area contributed by atoms with Crippen molar-refractivity contribution in [2.24, 2.45) is 7.05 Å². The summed E-state index contributed by atoms with van der Waals surface area (Å²) in [5, 5.41) is 0.0729. The first-order chi connectivity index (χ1) is 8.54. The topological polar surface area (TPSA) is 59.8 Å². The fraction of sp³-hybridized carbons (Fsp3) is 0.455. The lowest BCUT2D eigenvalue weighted by Gasteiger charge is -2.08. The average Bonchev–Trinajstić information content (AvgIpc) is 2.70. The number of aromatic amines is 1. The van der Waals surface area contributed by atoms with Crippen LogP contribution in [-0.2, 0) is 13.6 Å². The number of rotatable bonds is 4. The summed E-state index contributed by atoms with van der Waals surface area (Å²) in [6, 6.07) is 1.72. The van der Waals surface area contributed by atoms with E-state index < -0.39 is 0 Å². The first-order valence-electron chi connectivity index (χ1n) is 5.61. The highest BCUT2D eigenvalue weighted by Gasteiger charge is 2.11. The highest BCUT2D eigenvalue weighted by Crippen LogP contribution is 2.06. The van der Waals surface area contributed by atoms with Gasteiger partial charge in [-0.2, -0.15) is 25.3 Å². The Kier molecular flexibility index (Phi) is 3.91. The van der Waals surface area contributed by atoms with Crippen LogP contribution in [0.2, 0.25) is 0 Å². The second-order valence-electron chi connectivity index (χ2n) is 4.20. The zero-order valence-electron chi connectivity index (χ0n) is 9.96. The zero-order valence-corrected chi connectivity index (χ0v) is 11.7. The molecule has 2 aromatic heterocycles. The van der Waals surface area contributed by atoms with Crippen LogP contribution in [0.3, 0.4) is 0 Å². The minimum Gasteiger partial charge on any atom is -0.345 e. The third kappa shape index (κ3) is 2.37. The van der Waals surface area contributed by atoms with Gasteiger partial charge < -0.3 is 9.55 Å². The maximum atomic E-state index is 12.2. The van der Waals surface area contributed by atoms with E-state index in [9.17, 15) is 9.59 Å². The monoisotopic (exact) mass is 285 g/mol. The Morgan fingerprint density at radius 2 is 2.17 bits per heavy atom. The highest BCUT2D eigenvalue weighted by atomic mass is 32.1. The Morgan fingerprint density at radius 1 is 1.44 bits per heavy atom. The molecule has 2 aromatic rings. The number of H-pyrrole nitrogens is 1. The molecular weight excluding hydrogens is 270 g/mol. The lowest BCUT2D eigenvalue weighted by atomic mass is 10.3. The molecule has 0 amide bonds. The Balaban J connectivity index is 2.47. The highest BCUT2D eigenvalue weighted by molar-refractivity contribution is 7.84. The van der Waals surface area contributed by atoms with Crippen molar-refractivity contribution < 1.29 is 0 Å². The number of aryl methyl sites for hydroxylation is 1. The van der Waals surface area contributed by atoms with E-state index in [2.05, 4.69) is 30.2 Å². The quantitative estimate of drug-likeness (QED) is 0.722. The molecule has 0 unspecified atom stereocenters. The van der Waals surface area contributed by atoms with Gasteiger partial charge >= 0.3 is 5.69 Å². The largest absolute Gasteiger partial charge is 0.345 e. The molecule has 0 radical (unpaired) electrons. The number of thiol groups is 2. The maximum Gasteiger partial charge on any atom is 0.328 e. The molecule has 2 rings (SSSR count). The summed E-state index contributed by atoms with van der Waals surface area (Å²) in [6.07, 6.45) is 2.38. The number of fused-ring (bicyclic) bond motifs is 1. The summed E-state index contributed by atoms with van der Waals surface area (Å²) in [6.45, 7) is 0.351. The molecule has 7 heteroatoms. The average molecular weight is 285 g/mol. The van der Waals surface area contributed by atoms with Gasteiger partial charge in [-0.05, 0) is 12.5 Å². The molecular formula is C11H15N3O2S2. The molecule has 0 aromatic carbocycles. The van der Waals surface area contributed by atoms with Crippen molar-refractivity contribution >= 4 is 36.3 Å². The lowest BCUT2D eigenvalue weighted by Crippen LogP contribution is -2.36. The third-order valence-electron chi connectivity index (χ3n) is 2.90. The predicted octanol–water partition coefficient (Wildman–Crippen LogP) is 0.647. The molecule has 0 aliphatic carbocycles. The van der Waals surface area contributed by atoms with Crippen LogP contribution in [0.4, 0.5) is 0 Å². The summed E-state index contributed by atoms with van der Waals surface area (Å²) in [4.78, 5) is 26.7. The lowest BCUT2D eigenvalue weighted by molar-refractivity contribution is 0.597. The molecule has 5 nitrogen and oxygen atoms in total. The van der Waals surface area contributed by atoms with Crippen LogP contribution >= 0.6 is 25.3 Å². The standard InChI is InChI=1S/C11H15N3O2S2/c1-13-4-3-8-9(13)10(15)14(11(16)12-8)5-2-7(18)6-17/h3-4,7,17-18H,2,5-6H2,1H3,(H,12,16)/t7-/m1/s1. The molecule has 1 N–H and O–H groups in total. The SMILES string of the molecule is Cn1ccc2[nH]c(=O)n(CC[C@@H](S)CS)c(=O)c21. The fourth-order valence-electron chi connectivity index (χ4n) is 1.87. The van der Waals surface area contributed by atoms with Crippen molar-refractivity contribution in [3.8, 4) is 0 Å². The zero-order chi connectivity index (χ0) is 13.3. The van der Waals surface area contributed by atoms with Crippen molar-refractivity contribution in [2.75, 3.05) is 5.75 Å². The molecule has 0 saturated heterocycles. The van der Waals surface area contributed by atoms with Crippen molar-refractivity contribution in [3.05, 3.63) is 33.1 Å². The van der Waals surface area contributed by atoms with Crippen molar-refractivity contribution in [2.45, 2.75) is 18.2 Å². The minimum atomic E-state index is -0.376. The second-order valence-corrected chi connectivity index (χ2v) is 5.30. The number of aromatic nitrogens is 3. The molecule has 18 heavy (non-hydrogen) atoms. The van der Waals surface area contributed by atoms with Crippen LogP contribution in [0, 0.1) is 0 Å². The Morgan fingerprint density at radius 3 is 2.83 bits per heavy atom. The summed E-state index contributed by atoms with van der Waals surface area (Å²) in [5.74, 6) is 0.613. The van der Waals surface area contributed by atoms with Gasteiger partial charge in [-0.15, -0.1) is 0 Å². The van der Waals surface area contributed by atoms with Crippen LogP contribution in [0.25, 0.3) is 11.0 Å². The minimum absolute atomic E-state index is 0.0729. The normalized spacial score (nSPS) is 13.1. The molecule has 0 saturated carbocycles. The van der Waals surface area contributed by atoms with E-state index in [-0.39, 0.29) is 16.5 Å². The Labute approximate surface area is 115 Å². The second kappa shape index (κ2) is 5.27. The van der Waals surface area contributed by atoms with Gasteiger partial charge in [0.05, 0.1) is 5.52 Å². The first kappa shape index (κ1) is 13.4. The van der Waals surface area contributed by atoms with Gasteiger partial charge in [0.1, 0.15) is 5.52 Å². The maximum absolute atomic E-state index is 12.2. The molecule has 98 valence electrons. The molecule has 0 bridgehead atoms. The first-order valence-corrected chi connectivity index (χ1v) is 6.76. The number of hydrogen-bond acceptors (Lipinski definition) is 4. The van der Waals surface area contributed by atoms with E-state index in [0.717, 1.165) is 0 Å².